The molecule has 1 N–H and O–H groups in total. The highest BCUT2D eigenvalue weighted by Crippen LogP contribution is 2.18. The summed E-state index contributed by atoms with van der Waals surface area (Å²) in [7, 11) is 0. The molecule has 1 atom stereocenters. The lowest BCUT2D eigenvalue weighted by Gasteiger charge is -1.94. The lowest BCUT2D eigenvalue weighted by atomic mass is 10.2. The third-order valence-corrected chi connectivity index (χ3v) is 3.46. The van der Waals surface area contributed by atoms with Gasteiger partial charge in [-0.15, -0.1) is 5.10 Å². The first-order chi connectivity index (χ1) is 8.16. The van der Waals surface area contributed by atoms with E-state index in [0.717, 1.165) is 5.56 Å². The zero-order chi connectivity index (χ0) is 12.3. The molecule has 1 heterocycles. The first kappa shape index (κ1) is 12.1. The SMILES string of the molecule is C[C@@H]1S/C(=N\N=C\c2ccccc2Cl)NC1=O. The van der Waals surface area contributed by atoms with Crippen LogP contribution in [0.2, 0.25) is 5.02 Å². The van der Waals surface area contributed by atoms with Gasteiger partial charge in [-0.05, 0) is 13.0 Å². The van der Waals surface area contributed by atoms with Crippen molar-refractivity contribution < 1.29 is 4.79 Å². The van der Waals surface area contributed by atoms with E-state index in [9.17, 15) is 4.79 Å². The summed E-state index contributed by atoms with van der Waals surface area (Å²) in [5.74, 6) is -0.0401. The lowest BCUT2D eigenvalue weighted by Crippen LogP contribution is -2.23. The van der Waals surface area contributed by atoms with Gasteiger partial charge < -0.3 is 5.32 Å². The molecule has 2 rings (SSSR count). The van der Waals surface area contributed by atoms with E-state index in [4.69, 9.17) is 11.6 Å². The lowest BCUT2D eigenvalue weighted by molar-refractivity contribution is -0.118. The number of nitrogens with one attached hydrogen (secondary N) is 1. The second-order valence-electron chi connectivity index (χ2n) is 3.42. The Kier molecular flexibility index (Phi) is 3.81. The number of rotatable bonds is 2. The number of hydrogen-bond donors (Lipinski definition) is 1. The van der Waals surface area contributed by atoms with Gasteiger partial charge in [0.25, 0.3) is 0 Å². The van der Waals surface area contributed by atoms with E-state index in [0.29, 0.717) is 10.2 Å². The Bertz CT molecular complexity index is 501. The molecule has 0 radical (unpaired) electrons. The molecule has 1 aromatic rings. The number of hydrogen-bond acceptors (Lipinski definition) is 4. The highest BCUT2D eigenvalue weighted by Gasteiger charge is 2.25. The number of halogens is 1. The Morgan fingerprint density at radius 2 is 2.24 bits per heavy atom. The van der Waals surface area contributed by atoms with Gasteiger partial charge in [0.1, 0.15) is 0 Å². The minimum absolute atomic E-state index is 0.0401. The summed E-state index contributed by atoms with van der Waals surface area (Å²) in [4.78, 5) is 11.2. The van der Waals surface area contributed by atoms with Crippen LogP contribution in [-0.2, 0) is 4.79 Å². The van der Waals surface area contributed by atoms with Crippen molar-refractivity contribution in [3.05, 3.63) is 34.9 Å². The number of carbonyl (C=O) groups excluding carboxylic acids is 1. The van der Waals surface area contributed by atoms with Gasteiger partial charge in [-0.3, -0.25) is 4.79 Å². The molecular formula is C11H10ClN3OS. The zero-order valence-electron chi connectivity index (χ0n) is 9.05. The maximum absolute atomic E-state index is 11.2. The highest BCUT2D eigenvalue weighted by atomic mass is 35.5. The fourth-order valence-electron chi connectivity index (χ4n) is 1.23. The Labute approximate surface area is 108 Å². The van der Waals surface area contributed by atoms with E-state index in [-0.39, 0.29) is 11.2 Å². The maximum Gasteiger partial charge on any atom is 0.239 e. The Morgan fingerprint density at radius 1 is 1.47 bits per heavy atom. The fourth-order valence-corrected chi connectivity index (χ4v) is 2.17. The van der Waals surface area contributed by atoms with Crippen LogP contribution in [0.3, 0.4) is 0 Å². The number of amides is 1. The van der Waals surface area contributed by atoms with Crippen molar-refractivity contribution >= 4 is 40.7 Å². The van der Waals surface area contributed by atoms with Crippen LogP contribution in [0.1, 0.15) is 12.5 Å². The number of thioether (sulfide) groups is 1. The largest absolute Gasteiger partial charge is 0.303 e. The van der Waals surface area contributed by atoms with Crippen molar-refractivity contribution in [2.24, 2.45) is 10.2 Å². The van der Waals surface area contributed by atoms with Crippen molar-refractivity contribution in [1.29, 1.82) is 0 Å². The van der Waals surface area contributed by atoms with Gasteiger partial charge in [-0.1, -0.05) is 41.6 Å². The molecule has 1 aliphatic rings. The average molecular weight is 268 g/mol. The highest BCUT2D eigenvalue weighted by molar-refractivity contribution is 8.15. The molecule has 1 aromatic carbocycles. The van der Waals surface area contributed by atoms with Crippen molar-refractivity contribution in [2.45, 2.75) is 12.2 Å². The predicted octanol–water partition coefficient (Wildman–Crippen LogP) is 2.28. The molecule has 1 fully saturated rings. The topological polar surface area (TPSA) is 53.8 Å². The first-order valence-electron chi connectivity index (χ1n) is 5.00. The maximum atomic E-state index is 11.2. The molecule has 1 amide bonds. The summed E-state index contributed by atoms with van der Waals surface area (Å²) in [5.41, 5.74) is 0.792. The molecule has 4 nitrogen and oxygen atoms in total. The minimum Gasteiger partial charge on any atom is -0.303 e. The Hall–Kier alpha value is -1.33. The summed E-state index contributed by atoms with van der Waals surface area (Å²) in [6.45, 7) is 1.82. The van der Waals surface area contributed by atoms with Crippen molar-refractivity contribution in [2.75, 3.05) is 0 Å². The van der Waals surface area contributed by atoms with Gasteiger partial charge in [-0.25, -0.2) is 0 Å². The summed E-state index contributed by atoms with van der Waals surface area (Å²) < 4.78 is 0. The zero-order valence-corrected chi connectivity index (χ0v) is 10.6. The van der Waals surface area contributed by atoms with Crippen LogP contribution >= 0.6 is 23.4 Å². The second-order valence-corrected chi connectivity index (χ2v) is 5.16. The predicted molar refractivity (Wildman–Crippen MR) is 71.7 cm³/mol. The summed E-state index contributed by atoms with van der Waals surface area (Å²) >= 11 is 7.31. The first-order valence-corrected chi connectivity index (χ1v) is 6.25. The number of carbonyl (C=O) groups is 1. The molecule has 0 aliphatic carbocycles. The van der Waals surface area contributed by atoms with Gasteiger partial charge in [0.15, 0.2) is 5.17 Å². The molecule has 17 heavy (non-hydrogen) atoms. The standard InChI is InChI=1S/C11H10ClN3OS/c1-7-10(16)14-11(17-7)15-13-6-8-4-2-3-5-9(8)12/h2-7H,1H3,(H,14,15,16)/b13-6+/t7-/m0/s1. The van der Waals surface area contributed by atoms with E-state index in [1.54, 1.807) is 12.3 Å². The van der Waals surface area contributed by atoms with Crippen LogP contribution in [0, 0.1) is 0 Å². The third kappa shape index (κ3) is 3.08. The van der Waals surface area contributed by atoms with Gasteiger partial charge in [0.05, 0.1) is 11.5 Å². The van der Waals surface area contributed by atoms with E-state index < -0.39 is 0 Å². The normalized spacial score (nSPS) is 22.4. The van der Waals surface area contributed by atoms with Crippen LogP contribution in [-0.4, -0.2) is 22.5 Å². The van der Waals surface area contributed by atoms with Crippen LogP contribution in [0.5, 0.6) is 0 Å². The fraction of sp³-hybridized carbons (Fsp3) is 0.182. The number of nitrogens with zero attached hydrogens (tertiary/aromatic N) is 2. The molecule has 1 saturated heterocycles. The molecular weight excluding hydrogens is 258 g/mol. The van der Waals surface area contributed by atoms with E-state index in [1.807, 2.05) is 25.1 Å². The average Bonchev–Trinajstić information content (AvgIpc) is 2.61. The van der Waals surface area contributed by atoms with E-state index >= 15 is 0 Å². The molecule has 0 unspecified atom stereocenters. The second kappa shape index (κ2) is 5.33. The van der Waals surface area contributed by atoms with Crippen molar-refractivity contribution in [3.8, 4) is 0 Å². The monoisotopic (exact) mass is 267 g/mol. The molecule has 0 aromatic heterocycles. The molecule has 1 aliphatic heterocycles. The summed E-state index contributed by atoms with van der Waals surface area (Å²) in [6.07, 6.45) is 1.56. The van der Waals surface area contributed by atoms with Gasteiger partial charge in [-0.2, -0.15) is 5.10 Å². The Balaban J connectivity index is 2.06. The van der Waals surface area contributed by atoms with Crippen LogP contribution < -0.4 is 5.32 Å². The molecule has 6 heteroatoms. The molecule has 0 spiro atoms. The van der Waals surface area contributed by atoms with Gasteiger partial charge in [0, 0.05) is 10.6 Å². The smallest absolute Gasteiger partial charge is 0.239 e. The number of benzene rings is 1. The number of amidine groups is 1. The van der Waals surface area contributed by atoms with Crippen LogP contribution in [0.15, 0.2) is 34.5 Å². The summed E-state index contributed by atoms with van der Waals surface area (Å²) in [5, 5.41) is 11.5. The molecule has 0 bridgehead atoms. The Morgan fingerprint density at radius 3 is 2.88 bits per heavy atom. The minimum atomic E-state index is -0.107. The van der Waals surface area contributed by atoms with Gasteiger partial charge in [0.2, 0.25) is 5.91 Å². The van der Waals surface area contributed by atoms with Crippen LogP contribution in [0.4, 0.5) is 0 Å². The molecule has 88 valence electrons. The van der Waals surface area contributed by atoms with Crippen LogP contribution in [0.25, 0.3) is 0 Å². The third-order valence-electron chi connectivity index (χ3n) is 2.14. The van der Waals surface area contributed by atoms with Gasteiger partial charge >= 0.3 is 0 Å². The van der Waals surface area contributed by atoms with Crippen molar-refractivity contribution in [1.82, 2.24) is 5.32 Å². The van der Waals surface area contributed by atoms with E-state index in [1.165, 1.54) is 11.8 Å². The molecule has 0 saturated carbocycles. The quantitative estimate of drug-likeness (QED) is 0.660. The summed E-state index contributed by atoms with van der Waals surface area (Å²) in [6, 6.07) is 7.34. The van der Waals surface area contributed by atoms with E-state index in [2.05, 4.69) is 15.5 Å². The van der Waals surface area contributed by atoms with Crippen molar-refractivity contribution in [3.63, 3.8) is 0 Å².